The summed E-state index contributed by atoms with van der Waals surface area (Å²) in [6.45, 7) is -1.30. The summed E-state index contributed by atoms with van der Waals surface area (Å²) < 4.78 is 62.1. The third kappa shape index (κ3) is 5.04. The second kappa shape index (κ2) is 8.80. The highest BCUT2D eigenvalue weighted by Gasteiger charge is 2.35. The first kappa shape index (κ1) is 21.1. The van der Waals surface area contributed by atoms with Crippen molar-refractivity contribution in [2.45, 2.75) is 12.7 Å². The standard InChI is InChI=1S/C19H15F4N3O4/c20-7-8-29-15-6-5-13(9-14(15)19(21,22)23)17-25-16(26-30-17)12-3-1-11(2-4-12)10-24-18(27)28/h1-6,9,24H,7-8,10H2,(H,27,28). The van der Waals surface area contributed by atoms with Gasteiger partial charge in [-0.3, -0.25) is 0 Å². The molecular weight excluding hydrogens is 410 g/mol. The Morgan fingerprint density at radius 3 is 2.47 bits per heavy atom. The lowest BCUT2D eigenvalue weighted by molar-refractivity contribution is -0.138. The van der Waals surface area contributed by atoms with Crippen molar-refractivity contribution < 1.29 is 36.7 Å². The molecule has 0 aliphatic heterocycles. The molecule has 158 valence electrons. The van der Waals surface area contributed by atoms with E-state index in [-0.39, 0.29) is 23.8 Å². The van der Waals surface area contributed by atoms with Crippen molar-refractivity contribution in [3.63, 3.8) is 0 Å². The summed E-state index contributed by atoms with van der Waals surface area (Å²) in [4.78, 5) is 14.6. The van der Waals surface area contributed by atoms with E-state index < -0.39 is 36.9 Å². The van der Waals surface area contributed by atoms with Gasteiger partial charge in [0.15, 0.2) is 0 Å². The van der Waals surface area contributed by atoms with Crippen LogP contribution in [-0.4, -0.2) is 34.6 Å². The van der Waals surface area contributed by atoms with Gasteiger partial charge in [-0.2, -0.15) is 18.2 Å². The fraction of sp³-hybridized carbons (Fsp3) is 0.211. The number of hydrogen-bond acceptors (Lipinski definition) is 5. The van der Waals surface area contributed by atoms with Crippen LogP contribution in [0.25, 0.3) is 22.8 Å². The molecule has 0 aliphatic rings. The second-order valence-electron chi connectivity index (χ2n) is 6.02. The SMILES string of the molecule is O=C(O)NCc1ccc(-c2noc(-c3ccc(OCCF)c(C(F)(F)F)c3)n2)cc1. The number of hydrogen-bond donors (Lipinski definition) is 2. The molecule has 1 amide bonds. The molecule has 0 saturated carbocycles. The minimum Gasteiger partial charge on any atom is -0.490 e. The van der Waals surface area contributed by atoms with Crippen molar-refractivity contribution >= 4 is 6.09 Å². The van der Waals surface area contributed by atoms with E-state index >= 15 is 0 Å². The zero-order chi connectivity index (χ0) is 21.7. The second-order valence-corrected chi connectivity index (χ2v) is 6.02. The number of carbonyl (C=O) groups is 1. The summed E-state index contributed by atoms with van der Waals surface area (Å²) in [7, 11) is 0. The lowest BCUT2D eigenvalue weighted by Gasteiger charge is -2.13. The zero-order valence-corrected chi connectivity index (χ0v) is 15.2. The van der Waals surface area contributed by atoms with Crippen LogP contribution in [0.1, 0.15) is 11.1 Å². The van der Waals surface area contributed by atoms with E-state index in [1.807, 2.05) is 0 Å². The molecule has 0 radical (unpaired) electrons. The third-order valence-corrected chi connectivity index (χ3v) is 3.95. The van der Waals surface area contributed by atoms with Crippen molar-refractivity contribution in [1.82, 2.24) is 15.5 Å². The van der Waals surface area contributed by atoms with Gasteiger partial charge in [-0.1, -0.05) is 29.4 Å². The van der Waals surface area contributed by atoms with E-state index in [2.05, 4.69) is 15.5 Å². The predicted molar refractivity (Wildman–Crippen MR) is 96.5 cm³/mol. The van der Waals surface area contributed by atoms with Gasteiger partial charge in [0, 0.05) is 17.7 Å². The highest BCUT2D eigenvalue weighted by Crippen LogP contribution is 2.38. The predicted octanol–water partition coefficient (Wildman–Crippen LogP) is 4.54. The Morgan fingerprint density at radius 2 is 1.83 bits per heavy atom. The van der Waals surface area contributed by atoms with Crippen LogP contribution in [0.5, 0.6) is 5.75 Å². The molecule has 0 bridgehead atoms. The summed E-state index contributed by atoms with van der Waals surface area (Å²) in [5.41, 5.74) is 0.172. The minimum atomic E-state index is -4.72. The van der Waals surface area contributed by atoms with Gasteiger partial charge in [-0.05, 0) is 23.8 Å². The van der Waals surface area contributed by atoms with Crippen molar-refractivity contribution in [1.29, 1.82) is 0 Å². The van der Waals surface area contributed by atoms with Crippen LogP contribution in [0.2, 0.25) is 0 Å². The van der Waals surface area contributed by atoms with Crippen LogP contribution in [0, 0.1) is 0 Å². The Balaban J connectivity index is 1.84. The van der Waals surface area contributed by atoms with Crippen LogP contribution in [0.4, 0.5) is 22.4 Å². The molecular formula is C19H15F4N3O4. The normalized spacial score (nSPS) is 11.3. The molecule has 7 nitrogen and oxygen atoms in total. The lowest BCUT2D eigenvalue weighted by atomic mass is 10.1. The Labute approximate surface area is 167 Å². The summed E-state index contributed by atoms with van der Waals surface area (Å²) in [6, 6.07) is 9.74. The number of alkyl halides is 4. The van der Waals surface area contributed by atoms with Gasteiger partial charge >= 0.3 is 12.3 Å². The Bertz CT molecular complexity index is 1020. The highest BCUT2D eigenvalue weighted by molar-refractivity contribution is 5.65. The molecule has 11 heteroatoms. The maximum Gasteiger partial charge on any atom is 0.419 e. The molecule has 2 aromatic carbocycles. The summed E-state index contributed by atoms with van der Waals surface area (Å²) in [5, 5.41) is 14.6. The number of ether oxygens (including phenoxy) is 1. The number of nitrogens with one attached hydrogen (secondary N) is 1. The van der Waals surface area contributed by atoms with Gasteiger partial charge in [0.25, 0.3) is 5.89 Å². The molecule has 3 aromatic rings. The zero-order valence-electron chi connectivity index (χ0n) is 15.2. The first-order valence-electron chi connectivity index (χ1n) is 8.58. The molecule has 0 fully saturated rings. The number of benzene rings is 2. The Hall–Kier alpha value is -3.63. The van der Waals surface area contributed by atoms with Crippen molar-refractivity contribution in [2.24, 2.45) is 0 Å². The van der Waals surface area contributed by atoms with E-state index in [0.29, 0.717) is 11.1 Å². The molecule has 0 unspecified atom stereocenters. The van der Waals surface area contributed by atoms with E-state index in [1.165, 1.54) is 6.07 Å². The molecule has 0 saturated heterocycles. The molecule has 0 aliphatic carbocycles. The van der Waals surface area contributed by atoms with Gasteiger partial charge < -0.3 is 19.7 Å². The lowest BCUT2D eigenvalue weighted by Crippen LogP contribution is -2.19. The molecule has 1 aromatic heterocycles. The van der Waals surface area contributed by atoms with Gasteiger partial charge in [-0.15, -0.1) is 0 Å². The van der Waals surface area contributed by atoms with Crippen molar-refractivity contribution in [3.8, 4) is 28.6 Å². The van der Waals surface area contributed by atoms with Crippen molar-refractivity contribution in [2.75, 3.05) is 13.3 Å². The fourth-order valence-electron chi connectivity index (χ4n) is 2.57. The molecule has 2 N–H and O–H groups in total. The first-order chi connectivity index (χ1) is 14.3. The van der Waals surface area contributed by atoms with Crippen LogP contribution < -0.4 is 10.1 Å². The van der Waals surface area contributed by atoms with Crippen molar-refractivity contribution in [3.05, 3.63) is 53.6 Å². The average Bonchev–Trinajstić information content (AvgIpc) is 3.20. The van der Waals surface area contributed by atoms with Crippen LogP contribution in [0.15, 0.2) is 47.0 Å². The number of halogens is 4. The molecule has 1 heterocycles. The third-order valence-electron chi connectivity index (χ3n) is 3.95. The average molecular weight is 425 g/mol. The Morgan fingerprint density at radius 1 is 1.13 bits per heavy atom. The van der Waals surface area contributed by atoms with E-state index in [1.54, 1.807) is 24.3 Å². The van der Waals surface area contributed by atoms with Crippen LogP contribution in [0.3, 0.4) is 0 Å². The maximum absolute atomic E-state index is 13.3. The number of aromatic nitrogens is 2. The van der Waals surface area contributed by atoms with Crippen LogP contribution in [-0.2, 0) is 12.7 Å². The summed E-state index contributed by atoms with van der Waals surface area (Å²) >= 11 is 0. The smallest absolute Gasteiger partial charge is 0.419 e. The summed E-state index contributed by atoms with van der Waals surface area (Å²) in [6.07, 6.45) is -5.87. The first-order valence-corrected chi connectivity index (χ1v) is 8.58. The topological polar surface area (TPSA) is 97.5 Å². The fourth-order valence-corrected chi connectivity index (χ4v) is 2.57. The maximum atomic E-state index is 13.3. The van der Waals surface area contributed by atoms with E-state index in [0.717, 1.165) is 12.1 Å². The number of nitrogens with zero attached hydrogens (tertiary/aromatic N) is 2. The molecule has 3 rings (SSSR count). The molecule has 0 atom stereocenters. The minimum absolute atomic E-state index is 0.0240. The molecule has 0 spiro atoms. The quantitative estimate of drug-likeness (QED) is 0.540. The number of carboxylic acid groups (broad SMARTS) is 1. The Kier molecular flexibility index (Phi) is 6.19. The monoisotopic (exact) mass is 425 g/mol. The van der Waals surface area contributed by atoms with E-state index in [9.17, 15) is 22.4 Å². The van der Waals surface area contributed by atoms with Gasteiger partial charge in [0.05, 0.1) is 5.56 Å². The summed E-state index contributed by atoms with van der Waals surface area (Å²) in [5.74, 6) is -0.479. The van der Waals surface area contributed by atoms with Gasteiger partial charge in [-0.25, -0.2) is 9.18 Å². The number of rotatable bonds is 7. The van der Waals surface area contributed by atoms with Gasteiger partial charge in [0.2, 0.25) is 5.82 Å². The van der Waals surface area contributed by atoms with Crippen LogP contribution >= 0.6 is 0 Å². The largest absolute Gasteiger partial charge is 0.490 e. The van der Waals surface area contributed by atoms with E-state index in [4.69, 9.17) is 14.4 Å². The highest BCUT2D eigenvalue weighted by atomic mass is 19.4. The number of amides is 1. The molecule has 30 heavy (non-hydrogen) atoms. The van der Waals surface area contributed by atoms with Gasteiger partial charge in [0.1, 0.15) is 19.0 Å².